The number of hydrogen-bond donors (Lipinski definition) is 1. The fourth-order valence-corrected chi connectivity index (χ4v) is 1.82. The van der Waals surface area contributed by atoms with Gasteiger partial charge in [-0.05, 0) is 30.3 Å². The number of imidazole rings is 1. The predicted molar refractivity (Wildman–Crippen MR) is 66.6 cm³/mol. The molecule has 5 nitrogen and oxygen atoms in total. The first kappa shape index (κ1) is 10.6. The third-order valence-electron chi connectivity index (χ3n) is 2.74. The summed E-state index contributed by atoms with van der Waals surface area (Å²) in [6.07, 6.45) is 3.36. The first-order chi connectivity index (χ1) is 8.79. The highest BCUT2D eigenvalue weighted by Gasteiger charge is 2.13. The van der Waals surface area contributed by atoms with Crippen molar-refractivity contribution in [2.24, 2.45) is 0 Å². The summed E-state index contributed by atoms with van der Waals surface area (Å²) in [6.45, 7) is 0. The molecule has 3 aromatic rings. The zero-order valence-electron chi connectivity index (χ0n) is 9.74. The lowest BCUT2D eigenvalue weighted by molar-refractivity contribution is 0.415. The van der Waals surface area contributed by atoms with Crippen molar-refractivity contribution in [1.82, 2.24) is 14.4 Å². The highest BCUT2D eigenvalue weighted by Crippen LogP contribution is 2.29. The Balaban J connectivity index is 2.15. The van der Waals surface area contributed by atoms with E-state index in [-0.39, 0.29) is 5.88 Å². The van der Waals surface area contributed by atoms with Crippen LogP contribution in [-0.4, -0.2) is 26.6 Å². The average molecular weight is 241 g/mol. The van der Waals surface area contributed by atoms with Crippen LogP contribution in [-0.2, 0) is 0 Å². The molecule has 1 aromatic carbocycles. The Kier molecular flexibility index (Phi) is 2.37. The number of rotatable bonds is 2. The van der Waals surface area contributed by atoms with Gasteiger partial charge < -0.3 is 9.84 Å². The van der Waals surface area contributed by atoms with Gasteiger partial charge in [0.1, 0.15) is 11.4 Å². The van der Waals surface area contributed by atoms with Gasteiger partial charge in [-0.15, -0.1) is 0 Å². The number of ether oxygens (including phenoxy) is 1. The van der Waals surface area contributed by atoms with Crippen molar-refractivity contribution in [1.29, 1.82) is 0 Å². The SMILES string of the molecule is COc1ccc(-c2nc3ncccn3c2O)cc1. The molecule has 0 aliphatic heterocycles. The van der Waals surface area contributed by atoms with Crippen LogP contribution in [0.2, 0.25) is 0 Å². The van der Waals surface area contributed by atoms with Crippen LogP contribution in [0.15, 0.2) is 42.7 Å². The molecular formula is C13H11N3O2. The standard InChI is InChI=1S/C13H11N3O2/c1-18-10-5-3-9(4-6-10)11-12(17)16-8-2-7-14-13(16)15-11/h2-8,17H,1H3. The Labute approximate surface area is 103 Å². The van der Waals surface area contributed by atoms with Crippen LogP contribution in [0.3, 0.4) is 0 Å². The molecule has 0 amide bonds. The Bertz CT molecular complexity index is 689. The van der Waals surface area contributed by atoms with Gasteiger partial charge >= 0.3 is 0 Å². The summed E-state index contributed by atoms with van der Waals surface area (Å²) in [5, 5.41) is 10.1. The zero-order chi connectivity index (χ0) is 12.5. The number of benzene rings is 1. The molecule has 2 aromatic heterocycles. The summed E-state index contributed by atoms with van der Waals surface area (Å²) in [5.41, 5.74) is 1.33. The fourth-order valence-electron chi connectivity index (χ4n) is 1.82. The maximum atomic E-state index is 10.1. The molecule has 0 spiro atoms. The Morgan fingerprint density at radius 1 is 1.22 bits per heavy atom. The van der Waals surface area contributed by atoms with E-state index in [9.17, 15) is 5.11 Å². The number of methoxy groups -OCH3 is 1. The van der Waals surface area contributed by atoms with E-state index < -0.39 is 0 Å². The molecule has 5 heteroatoms. The lowest BCUT2D eigenvalue weighted by Gasteiger charge is -2.01. The summed E-state index contributed by atoms with van der Waals surface area (Å²) in [6, 6.07) is 9.09. The predicted octanol–water partition coefficient (Wildman–Crippen LogP) is 2.11. The van der Waals surface area contributed by atoms with Crippen molar-refractivity contribution < 1.29 is 9.84 Å². The van der Waals surface area contributed by atoms with Crippen molar-refractivity contribution in [3.8, 4) is 22.9 Å². The molecular weight excluding hydrogens is 230 g/mol. The number of aromatic nitrogens is 3. The maximum absolute atomic E-state index is 10.1. The van der Waals surface area contributed by atoms with Crippen molar-refractivity contribution >= 4 is 5.78 Å². The van der Waals surface area contributed by atoms with Crippen LogP contribution in [0.1, 0.15) is 0 Å². The molecule has 1 N–H and O–H groups in total. The molecule has 0 aliphatic carbocycles. The van der Waals surface area contributed by atoms with Gasteiger partial charge in [0, 0.05) is 18.0 Å². The minimum absolute atomic E-state index is 0.0864. The maximum Gasteiger partial charge on any atom is 0.237 e. The van der Waals surface area contributed by atoms with Crippen LogP contribution in [0.4, 0.5) is 0 Å². The Morgan fingerprint density at radius 3 is 2.67 bits per heavy atom. The van der Waals surface area contributed by atoms with Crippen LogP contribution in [0.25, 0.3) is 17.0 Å². The van der Waals surface area contributed by atoms with E-state index in [0.29, 0.717) is 11.5 Å². The van der Waals surface area contributed by atoms with E-state index in [0.717, 1.165) is 11.3 Å². The van der Waals surface area contributed by atoms with Crippen LogP contribution >= 0.6 is 0 Å². The van der Waals surface area contributed by atoms with E-state index in [1.165, 1.54) is 0 Å². The van der Waals surface area contributed by atoms with Crippen molar-refractivity contribution in [2.45, 2.75) is 0 Å². The van der Waals surface area contributed by atoms with Crippen molar-refractivity contribution in [3.63, 3.8) is 0 Å². The van der Waals surface area contributed by atoms with Gasteiger partial charge in [0.2, 0.25) is 11.7 Å². The Morgan fingerprint density at radius 2 is 2.00 bits per heavy atom. The molecule has 3 rings (SSSR count). The third-order valence-corrected chi connectivity index (χ3v) is 2.74. The molecule has 0 unspecified atom stereocenters. The molecule has 0 saturated carbocycles. The molecule has 0 radical (unpaired) electrons. The van der Waals surface area contributed by atoms with Gasteiger partial charge in [-0.1, -0.05) is 0 Å². The number of fused-ring (bicyclic) bond motifs is 1. The first-order valence-corrected chi connectivity index (χ1v) is 5.46. The van der Waals surface area contributed by atoms with E-state index in [1.807, 2.05) is 24.3 Å². The second-order valence-corrected chi connectivity index (χ2v) is 3.80. The average Bonchev–Trinajstić information content (AvgIpc) is 2.77. The molecule has 90 valence electrons. The summed E-state index contributed by atoms with van der Waals surface area (Å²) in [5.74, 6) is 1.32. The molecule has 0 bridgehead atoms. The van der Waals surface area contributed by atoms with Crippen LogP contribution in [0.5, 0.6) is 11.6 Å². The minimum Gasteiger partial charge on any atom is -0.497 e. The highest BCUT2D eigenvalue weighted by molar-refractivity contribution is 5.68. The van der Waals surface area contributed by atoms with Gasteiger partial charge in [0.05, 0.1) is 7.11 Å². The third kappa shape index (κ3) is 1.57. The fraction of sp³-hybridized carbons (Fsp3) is 0.0769. The smallest absolute Gasteiger partial charge is 0.237 e. The van der Waals surface area contributed by atoms with E-state index >= 15 is 0 Å². The lowest BCUT2D eigenvalue weighted by Crippen LogP contribution is -1.84. The number of aromatic hydroxyl groups is 1. The number of hydrogen-bond acceptors (Lipinski definition) is 4. The monoisotopic (exact) mass is 241 g/mol. The highest BCUT2D eigenvalue weighted by atomic mass is 16.5. The summed E-state index contributed by atoms with van der Waals surface area (Å²) < 4.78 is 6.63. The first-order valence-electron chi connectivity index (χ1n) is 5.46. The van der Waals surface area contributed by atoms with E-state index in [1.54, 1.807) is 30.0 Å². The Hall–Kier alpha value is -2.56. The summed E-state index contributed by atoms with van der Waals surface area (Å²) in [7, 11) is 1.61. The largest absolute Gasteiger partial charge is 0.497 e. The van der Waals surface area contributed by atoms with Gasteiger partial charge in [-0.25, -0.2) is 9.97 Å². The van der Waals surface area contributed by atoms with Gasteiger partial charge in [0.25, 0.3) is 0 Å². The van der Waals surface area contributed by atoms with Crippen molar-refractivity contribution in [2.75, 3.05) is 7.11 Å². The minimum atomic E-state index is 0.0864. The second-order valence-electron chi connectivity index (χ2n) is 3.80. The lowest BCUT2D eigenvalue weighted by atomic mass is 10.1. The van der Waals surface area contributed by atoms with Crippen LogP contribution in [0, 0.1) is 0 Å². The molecule has 18 heavy (non-hydrogen) atoms. The van der Waals surface area contributed by atoms with Gasteiger partial charge in [-0.3, -0.25) is 4.40 Å². The molecule has 0 atom stereocenters. The van der Waals surface area contributed by atoms with Crippen molar-refractivity contribution in [3.05, 3.63) is 42.7 Å². The number of nitrogens with zero attached hydrogens (tertiary/aromatic N) is 3. The normalized spacial score (nSPS) is 10.7. The molecule has 0 saturated heterocycles. The molecule has 0 fully saturated rings. The molecule has 2 heterocycles. The van der Waals surface area contributed by atoms with E-state index in [2.05, 4.69) is 9.97 Å². The van der Waals surface area contributed by atoms with Gasteiger partial charge in [0.15, 0.2) is 0 Å². The summed E-state index contributed by atoms with van der Waals surface area (Å²) >= 11 is 0. The topological polar surface area (TPSA) is 59.7 Å². The zero-order valence-corrected chi connectivity index (χ0v) is 9.74. The quantitative estimate of drug-likeness (QED) is 0.746. The van der Waals surface area contributed by atoms with Crippen LogP contribution < -0.4 is 4.74 Å². The van der Waals surface area contributed by atoms with Gasteiger partial charge in [-0.2, -0.15) is 0 Å². The van der Waals surface area contributed by atoms with E-state index in [4.69, 9.17) is 4.74 Å². The summed E-state index contributed by atoms with van der Waals surface area (Å²) in [4.78, 5) is 8.39. The second kappa shape index (κ2) is 4.03. The molecule has 0 aliphatic rings.